The summed E-state index contributed by atoms with van der Waals surface area (Å²) in [6, 6.07) is -0.245. The molecule has 2 aliphatic rings. The Bertz CT molecular complexity index is 377. The maximum atomic E-state index is 11.5. The van der Waals surface area contributed by atoms with E-state index in [9.17, 15) is 9.59 Å². The summed E-state index contributed by atoms with van der Waals surface area (Å²) in [7, 11) is 1.50. The van der Waals surface area contributed by atoms with Gasteiger partial charge in [-0.1, -0.05) is 11.8 Å². The van der Waals surface area contributed by atoms with Crippen molar-refractivity contribution in [1.82, 2.24) is 14.7 Å². The molecule has 0 aliphatic carbocycles. The van der Waals surface area contributed by atoms with Gasteiger partial charge < -0.3 is 4.90 Å². The molecule has 5 nitrogen and oxygen atoms in total. The zero-order valence-corrected chi connectivity index (χ0v) is 10.1. The predicted octanol–water partition coefficient (Wildman–Crippen LogP) is -0.0204. The summed E-state index contributed by atoms with van der Waals surface area (Å²) in [4.78, 5) is 27.7. The highest BCUT2D eigenvalue weighted by Gasteiger charge is 2.32. The summed E-state index contributed by atoms with van der Waals surface area (Å²) in [6.07, 6.45) is 2.51. The first-order chi connectivity index (χ1) is 8.18. The van der Waals surface area contributed by atoms with Crippen LogP contribution in [0.5, 0.6) is 0 Å². The van der Waals surface area contributed by atoms with Crippen molar-refractivity contribution in [3.8, 4) is 11.8 Å². The number of imide groups is 1. The van der Waals surface area contributed by atoms with Crippen LogP contribution in [-0.4, -0.2) is 66.4 Å². The maximum absolute atomic E-state index is 11.5. The van der Waals surface area contributed by atoms with Gasteiger partial charge in [-0.2, -0.15) is 0 Å². The molecule has 0 saturated carbocycles. The Hall–Kier alpha value is -1.54. The van der Waals surface area contributed by atoms with Gasteiger partial charge in [0.05, 0.1) is 13.1 Å². The van der Waals surface area contributed by atoms with Crippen LogP contribution in [0.4, 0.5) is 4.79 Å². The van der Waals surface area contributed by atoms with Crippen LogP contribution in [0.3, 0.4) is 0 Å². The summed E-state index contributed by atoms with van der Waals surface area (Å²) >= 11 is 0. The predicted molar refractivity (Wildman–Crippen MR) is 63.2 cm³/mol. The minimum atomic E-state index is -0.245. The van der Waals surface area contributed by atoms with Crippen molar-refractivity contribution in [3.63, 3.8) is 0 Å². The quantitative estimate of drug-likeness (QED) is 0.499. The van der Waals surface area contributed by atoms with Crippen LogP contribution >= 0.6 is 0 Å². The Balaban J connectivity index is 1.76. The molecule has 17 heavy (non-hydrogen) atoms. The Morgan fingerprint density at radius 2 is 1.76 bits per heavy atom. The van der Waals surface area contributed by atoms with Crippen LogP contribution in [-0.2, 0) is 4.79 Å². The molecule has 0 unspecified atom stereocenters. The molecule has 0 radical (unpaired) electrons. The number of likely N-dealkylation sites (tertiary alicyclic amines) is 1. The molecule has 2 rings (SSSR count). The van der Waals surface area contributed by atoms with E-state index >= 15 is 0 Å². The van der Waals surface area contributed by atoms with Crippen LogP contribution in [0.2, 0.25) is 0 Å². The fourth-order valence-electron chi connectivity index (χ4n) is 2.04. The number of hydrogen-bond donors (Lipinski definition) is 0. The van der Waals surface area contributed by atoms with Crippen molar-refractivity contribution < 1.29 is 9.59 Å². The fraction of sp³-hybridized carbons (Fsp3) is 0.667. The third-order valence-corrected chi connectivity index (χ3v) is 3.15. The van der Waals surface area contributed by atoms with Gasteiger partial charge in [0.1, 0.15) is 6.54 Å². The van der Waals surface area contributed by atoms with E-state index in [1.807, 2.05) is 0 Å². The minimum absolute atomic E-state index is 0.156. The number of rotatable bonds is 2. The number of urea groups is 1. The smallest absolute Gasteiger partial charge is 0.304 e. The van der Waals surface area contributed by atoms with Crippen LogP contribution in [0.25, 0.3) is 0 Å². The first-order valence-electron chi connectivity index (χ1n) is 5.92. The molecular weight excluding hydrogens is 218 g/mol. The summed E-state index contributed by atoms with van der Waals surface area (Å²) in [6.45, 7) is 3.53. The van der Waals surface area contributed by atoms with Crippen molar-refractivity contribution >= 4 is 11.9 Å². The maximum Gasteiger partial charge on any atom is 0.327 e. The summed E-state index contributed by atoms with van der Waals surface area (Å²) in [5.74, 6) is 5.86. The van der Waals surface area contributed by atoms with E-state index in [1.165, 1.54) is 24.8 Å². The highest BCUT2D eigenvalue weighted by Crippen LogP contribution is 2.07. The average Bonchev–Trinajstić information content (AvgIpc) is 2.90. The lowest BCUT2D eigenvalue weighted by atomic mass is 10.4. The van der Waals surface area contributed by atoms with Crippen molar-refractivity contribution in [2.45, 2.75) is 12.8 Å². The van der Waals surface area contributed by atoms with Gasteiger partial charge in [-0.25, -0.2) is 4.79 Å². The lowest BCUT2D eigenvalue weighted by Gasteiger charge is -2.11. The van der Waals surface area contributed by atoms with E-state index in [-0.39, 0.29) is 18.5 Å². The van der Waals surface area contributed by atoms with Gasteiger partial charge in [0, 0.05) is 7.05 Å². The highest BCUT2D eigenvalue weighted by molar-refractivity contribution is 6.01. The summed E-state index contributed by atoms with van der Waals surface area (Å²) in [5.41, 5.74) is 0. The van der Waals surface area contributed by atoms with Crippen molar-refractivity contribution in [2.24, 2.45) is 0 Å². The second kappa shape index (κ2) is 5.19. The lowest BCUT2D eigenvalue weighted by molar-refractivity contribution is -0.124. The van der Waals surface area contributed by atoms with Crippen LogP contribution in [0, 0.1) is 11.8 Å². The molecule has 0 N–H and O–H groups in total. The standard InChI is InChI=1S/C12H17N3O2/c1-13-11(16)10-15(12(13)17)9-5-4-8-14-6-2-3-7-14/h2-3,6-10H2,1H3. The molecule has 5 heteroatoms. The van der Waals surface area contributed by atoms with E-state index in [2.05, 4.69) is 16.7 Å². The van der Waals surface area contributed by atoms with Crippen molar-refractivity contribution in [2.75, 3.05) is 39.8 Å². The van der Waals surface area contributed by atoms with Crippen molar-refractivity contribution in [3.05, 3.63) is 0 Å². The number of carbonyl (C=O) groups excluding carboxylic acids is 2. The number of amides is 3. The lowest BCUT2D eigenvalue weighted by Crippen LogP contribution is -2.30. The Labute approximate surface area is 101 Å². The molecule has 0 atom stereocenters. The second-order valence-electron chi connectivity index (χ2n) is 4.43. The zero-order chi connectivity index (χ0) is 12.3. The molecule has 3 amide bonds. The molecule has 0 aromatic heterocycles. The first kappa shape index (κ1) is 11.9. The second-order valence-corrected chi connectivity index (χ2v) is 4.43. The monoisotopic (exact) mass is 235 g/mol. The molecule has 0 aromatic rings. The molecule has 92 valence electrons. The molecular formula is C12H17N3O2. The van der Waals surface area contributed by atoms with Gasteiger partial charge in [-0.05, 0) is 25.9 Å². The largest absolute Gasteiger partial charge is 0.327 e. The summed E-state index contributed by atoms with van der Waals surface area (Å²) < 4.78 is 0. The van der Waals surface area contributed by atoms with Crippen LogP contribution in [0.1, 0.15) is 12.8 Å². The SMILES string of the molecule is CN1C(=O)CN(CC#CCN2CCCC2)C1=O. The van der Waals surface area contributed by atoms with Gasteiger partial charge in [-0.3, -0.25) is 14.6 Å². The third-order valence-electron chi connectivity index (χ3n) is 3.15. The van der Waals surface area contributed by atoms with Gasteiger partial charge >= 0.3 is 6.03 Å². The molecule has 2 saturated heterocycles. The van der Waals surface area contributed by atoms with E-state index in [4.69, 9.17) is 0 Å². The third kappa shape index (κ3) is 2.77. The zero-order valence-electron chi connectivity index (χ0n) is 10.1. The molecule has 0 bridgehead atoms. The minimum Gasteiger partial charge on any atom is -0.304 e. The molecule has 2 heterocycles. The number of likely N-dealkylation sites (N-methyl/N-ethyl adjacent to an activating group) is 1. The summed E-state index contributed by atoms with van der Waals surface area (Å²) in [5, 5.41) is 0. The van der Waals surface area contributed by atoms with Gasteiger partial charge in [0.15, 0.2) is 0 Å². The Morgan fingerprint density at radius 3 is 2.35 bits per heavy atom. The molecule has 0 spiro atoms. The van der Waals surface area contributed by atoms with Gasteiger partial charge in [0.25, 0.3) is 0 Å². The van der Waals surface area contributed by atoms with E-state index in [0.29, 0.717) is 6.54 Å². The van der Waals surface area contributed by atoms with Gasteiger partial charge in [0.2, 0.25) is 5.91 Å². The molecule has 2 fully saturated rings. The van der Waals surface area contributed by atoms with Crippen LogP contribution < -0.4 is 0 Å². The molecule has 2 aliphatic heterocycles. The van der Waals surface area contributed by atoms with E-state index in [1.54, 1.807) is 0 Å². The first-order valence-corrected chi connectivity index (χ1v) is 5.92. The Morgan fingerprint density at radius 1 is 1.12 bits per heavy atom. The topological polar surface area (TPSA) is 43.9 Å². The van der Waals surface area contributed by atoms with E-state index < -0.39 is 0 Å². The van der Waals surface area contributed by atoms with Crippen LogP contribution in [0.15, 0.2) is 0 Å². The molecule has 0 aromatic carbocycles. The number of nitrogens with zero attached hydrogens (tertiary/aromatic N) is 3. The average molecular weight is 235 g/mol. The van der Waals surface area contributed by atoms with Crippen molar-refractivity contribution in [1.29, 1.82) is 0 Å². The number of carbonyl (C=O) groups is 2. The van der Waals surface area contributed by atoms with Gasteiger partial charge in [-0.15, -0.1) is 0 Å². The Kier molecular flexibility index (Phi) is 3.64. The number of hydrogen-bond acceptors (Lipinski definition) is 3. The normalized spacial score (nSPS) is 21.0. The van der Waals surface area contributed by atoms with E-state index in [0.717, 1.165) is 24.5 Å². The highest BCUT2D eigenvalue weighted by atomic mass is 16.2. The fourth-order valence-corrected chi connectivity index (χ4v) is 2.04.